The largest absolute Gasteiger partial charge is 0.490 e. The summed E-state index contributed by atoms with van der Waals surface area (Å²) in [6.07, 6.45) is 3.66. The molecule has 21 heavy (non-hydrogen) atoms. The van der Waals surface area contributed by atoms with Gasteiger partial charge in [-0.15, -0.1) is 0 Å². The van der Waals surface area contributed by atoms with Crippen LogP contribution in [0.3, 0.4) is 0 Å². The first-order valence-electron chi connectivity index (χ1n) is 6.81. The Morgan fingerprint density at radius 2 is 2.05 bits per heavy atom. The minimum atomic E-state index is -0.533. The summed E-state index contributed by atoms with van der Waals surface area (Å²) in [6.45, 7) is 0. The Balaban J connectivity index is 1.89. The van der Waals surface area contributed by atoms with Gasteiger partial charge in [0, 0.05) is 13.2 Å². The van der Waals surface area contributed by atoms with Gasteiger partial charge in [0.15, 0.2) is 11.6 Å². The number of rotatable bonds is 4. The van der Waals surface area contributed by atoms with E-state index in [9.17, 15) is 9.18 Å². The molecule has 1 aromatic carbocycles. The van der Waals surface area contributed by atoms with Gasteiger partial charge >= 0.3 is 0 Å². The van der Waals surface area contributed by atoms with E-state index in [1.165, 1.54) is 30.3 Å². The van der Waals surface area contributed by atoms with Crippen LogP contribution in [-0.2, 0) is 0 Å². The molecular weight excluding hydrogens is 271 g/mol. The minimum Gasteiger partial charge on any atom is -0.490 e. The molecule has 0 unspecified atom stereocenters. The smallest absolute Gasteiger partial charge is 0.263 e. The third kappa shape index (κ3) is 2.86. The monoisotopic (exact) mass is 286 g/mol. The minimum absolute atomic E-state index is 0.00345. The molecule has 2 aromatic rings. The van der Waals surface area contributed by atoms with Gasteiger partial charge in [-0.1, -0.05) is 12.1 Å². The predicted molar refractivity (Wildman–Crippen MR) is 77.0 cm³/mol. The molecule has 108 valence electrons. The number of carbonyl (C=O) groups excluding carboxylic acids is 1. The molecule has 1 aromatic heterocycles. The number of amides is 1. The van der Waals surface area contributed by atoms with E-state index in [2.05, 4.69) is 4.98 Å². The summed E-state index contributed by atoms with van der Waals surface area (Å²) >= 11 is 0. The Morgan fingerprint density at radius 3 is 2.76 bits per heavy atom. The van der Waals surface area contributed by atoms with Crippen molar-refractivity contribution in [2.24, 2.45) is 0 Å². The summed E-state index contributed by atoms with van der Waals surface area (Å²) in [5.41, 5.74) is 0.414. The molecule has 0 aliphatic heterocycles. The van der Waals surface area contributed by atoms with Crippen LogP contribution in [0.15, 0.2) is 42.6 Å². The molecule has 0 radical (unpaired) electrons. The fraction of sp³-hybridized carbons (Fsp3) is 0.250. The quantitative estimate of drug-likeness (QED) is 0.867. The van der Waals surface area contributed by atoms with E-state index in [4.69, 9.17) is 4.74 Å². The highest BCUT2D eigenvalue weighted by molar-refractivity contribution is 6.07. The van der Waals surface area contributed by atoms with Crippen molar-refractivity contribution in [3.8, 4) is 5.75 Å². The Bertz CT molecular complexity index is 671. The van der Waals surface area contributed by atoms with Crippen molar-refractivity contribution >= 4 is 11.7 Å². The SMILES string of the molecule is CN(C(=O)c1ccccc1OC1CC1)c1ncccc1F. The molecule has 0 bridgehead atoms. The third-order valence-corrected chi connectivity index (χ3v) is 3.30. The molecule has 1 heterocycles. The van der Waals surface area contributed by atoms with Crippen LogP contribution in [0.5, 0.6) is 5.75 Å². The molecule has 1 fully saturated rings. The van der Waals surface area contributed by atoms with Gasteiger partial charge in [-0.25, -0.2) is 9.37 Å². The topological polar surface area (TPSA) is 42.4 Å². The lowest BCUT2D eigenvalue weighted by Gasteiger charge is -2.18. The number of hydrogen-bond acceptors (Lipinski definition) is 3. The van der Waals surface area contributed by atoms with Crippen molar-refractivity contribution in [1.82, 2.24) is 4.98 Å². The van der Waals surface area contributed by atoms with Gasteiger partial charge in [0.05, 0.1) is 11.7 Å². The highest BCUT2D eigenvalue weighted by atomic mass is 19.1. The zero-order valence-electron chi connectivity index (χ0n) is 11.6. The van der Waals surface area contributed by atoms with Crippen molar-refractivity contribution in [3.63, 3.8) is 0 Å². The Labute approximate surface area is 122 Å². The van der Waals surface area contributed by atoms with E-state index in [1.54, 1.807) is 18.2 Å². The first-order valence-corrected chi connectivity index (χ1v) is 6.81. The molecule has 0 N–H and O–H groups in total. The number of carbonyl (C=O) groups is 1. The predicted octanol–water partition coefficient (Wildman–Crippen LogP) is 3.04. The van der Waals surface area contributed by atoms with Crippen molar-refractivity contribution in [1.29, 1.82) is 0 Å². The highest BCUT2D eigenvalue weighted by Gasteiger charge is 2.27. The summed E-state index contributed by atoms with van der Waals surface area (Å²) in [6, 6.07) is 9.77. The second-order valence-corrected chi connectivity index (χ2v) is 4.99. The van der Waals surface area contributed by atoms with E-state index in [-0.39, 0.29) is 17.8 Å². The van der Waals surface area contributed by atoms with Gasteiger partial charge in [-0.3, -0.25) is 9.69 Å². The maximum absolute atomic E-state index is 13.7. The molecule has 0 saturated heterocycles. The molecule has 1 amide bonds. The second kappa shape index (κ2) is 5.52. The molecule has 5 heteroatoms. The summed E-state index contributed by atoms with van der Waals surface area (Å²) in [5, 5.41) is 0. The van der Waals surface area contributed by atoms with Crippen LogP contribution >= 0.6 is 0 Å². The van der Waals surface area contributed by atoms with Crippen molar-refractivity contribution < 1.29 is 13.9 Å². The Hall–Kier alpha value is -2.43. The number of pyridine rings is 1. The Kier molecular flexibility index (Phi) is 3.56. The lowest BCUT2D eigenvalue weighted by Crippen LogP contribution is -2.28. The van der Waals surface area contributed by atoms with Gasteiger partial charge in [0.1, 0.15) is 5.75 Å². The van der Waals surface area contributed by atoms with Crippen molar-refractivity contribution in [3.05, 3.63) is 54.0 Å². The van der Waals surface area contributed by atoms with Crippen molar-refractivity contribution in [2.45, 2.75) is 18.9 Å². The average Bonchev–Trinajstić information content (AvgIpc) is 3.31. The van der Waals surface area contributed by atoms with Gasteiger partial charge < -0.3 is 4.74 Å². The van der Waals surface area contributed by atoms with Crippen LogP contribution in [-0.4, -0.2) is 24.0 Å². The van der Waals surface area contributed by atoms with Crippen LogP contribution < -0.4 is 9.64 Å². The standard InChI is InChI=1S/C16H15FN2O2/c1-19(15-13(17)6-4-10-18-15)16(20)12-5-2-3-7-14(12)21-11-8-9-11/h2-7,10-11H,8-9H2,1H3. The fourth-order valence-electron chi connectivity index (χ4n) is 2.01. The molecule has 3 rings (SSSR count). The van der Waals surface area contributed by atoms with Crippen LogP contribution in [0.2, 0.25) is 0 Å². The van der Waals surface area contributed by atoms with Gasteiger partial charge in [-0.2, -0.15) is 0 Å². The number of halogens is 1. The number of nitrogens with zero attached hydrogens (tertiary/aromatic N) is 2. The molecule has 0 atom stereocenters. The van der Waals surface area contributed by atoms with Gasteiger partial charge in [0.2, 0.25) is 0 Å². The van der Waals surface area contributed by atoms with Crippen LogP contribution in [0, 0.1) is 5.82 Å². The number of anilines is 1. The molecule has 0 spiro atoms. The summed E-state index contributed by atoms with van der Waals surface area (Å²) in [5.74, 6) is -0.338. The summed E-state index contributed by atoms with van der Waals surface area (Å²) < 4.78 is 19.5. The molecule has 1 saturated carbocycles. The van der Waals surface area contributed by atoms with Crippen molar-refractivity contribution in [2.75, 3.05) is 11.9 Å². The number of para-hydroxylation sites is 1. The molecular formula is C16H15FN2O2. The lowest BCUT2D eigenvalue weighted by molar-refractivity contribution is 0.0987. The summed E-state index contributed by atoms with van der Waals surface area (Å²) in [4.78, 5) is 17.7. The van der Waals surface area contributed by atoms with Crippen LogP contribution in [0.25, 0.3) is 0 Å². The normalized spacial score (nSPS) is 13.8. The molecule has 1 aliphatic carbocycles. The molecule has 1 aliphatic rings. The number of aromatic nitrogens is 1. The zero-order valence-corrected chi connectivity index (χ0v) is 11.6. The van der Waals surface area contributed by atoms with E-state index in [0.717, 1.165) is 12.8 Å². The molecule has 4 nitrogen and oxygen atoms in total. The second-order valence-electron chi connectivity index (χ2n) is 4.99. The van der Waals surface area contributed by atoms with E-state index in [0.29, 0.717) is 11.3 Å². The third-order valence-electron chi connectivity index (χ3n) is 3.30. The first-order chi connectivity index (χ1) is 10.2. The summed E-state index contributed by atoms with van der Waals surface area (Å²) in [7, 11) is 1.50. The maximum atomic E-state index is 13.7. The Morgan fingerprint density at radius 1 is 1.29 bits per heavy atom. The first kappa shape index (κ1) is 13.5. The van der Waals surface area contributed by atoms with Gasteiger partial charge in [-0.05, 0) is 37.1 Å². The van der Waals surface area contributed by atoms with Gasteiger partial charge in [0.25, 0.3) is 5.91 Å². The lowest BCUT2D eigenvalue weighted by atomic mass is 10.1. The van der Waals surface area contributed by atoms with E-state index in [1.807, 2.05) is 6.07 Å². The van der Waals surface area contributed by atoms with E-state index < -0.39 is 5.82 Å². The maximum Gasteiger partial charge on any atom is 0.263 e. The van der Waals surface area contributed by atoms with E-state index >= 15 is 0 Å². The average molecular weight is 286 g/mol. The van der Waals surface area contributed by atoms with Crippen LogP contribution in [0.1, 0.15) is 23.2 Å². The number of benzene rings is 1. The highest BCUT2D eigenvalue weighted by Crippen LogP contribution is 2.30. The fourth-order valence-corrected chi connectivity index (χ4v) is 2.01. The number of ether oxygens (including phenoxy) is 1. The zero-order chi connectivity index (χ0) is 14.8. The van der Waals surface area contributed by atoms with Crippen LogP contribution in [0.4, 0.5) is 10.2 Å². The number of hydrogen-bond donors (Lipinski definition) is 0.